The SMILES string of the molecule is CN(/C=C(/C#N)C(=O)Nc1ccccc1O)c1ccccc1. The van der Waals surface area contributed by atoms with Crippen molar-refractivity contribution in [2.75, 3.05) is 17.3 Å². The number of nitrogens with zero attached hydrogens (tertiary/aromatic N) is 2. The number of anilines is 2. The summed E-state index contributed by atoms with van der Waals surface area (Å²) in [6, 6.07) is 17.6. The Morgan fingerprint density at radius 1 is 1.18 bits per heavy atom. The van der Waals surface area contributed by atoms with Crippen molar-refractivity contribution < 1.29 is 9.90 Å². The topological polar surface area (TPSA) is 76.4 Å². The highest BCUT2D eigenvalue weighted by atomic mass is 16.3. The van der Waals surface area contributed by atoms with Crippen LogP contribution >= 0.6 is 0 Å². The molecule has 1 amide bonds. The van der Waals surface area contributed by atoms with Crippen LogP contribution in [0.4, 0.5) is 11.4 Å². The molecular formula is C17H15N3O2. The van der Waals surface area contributed by atoms with Gasteiger partial charge in [0, 0.05) is 18.9 Å². The van der Waals surface area contributed by atoms with E-state index in [2.05, 4.69) is 5.32 Å². The summed E-state index contributed by atoms with van der Waals surface area (Å²) in [5, 5.41) is 21.3. The van der Waals surface area contributed by atoms with Gasteiger partial charge in [-0.1, -0.05) is 30.3 Å². The summed E-state index contributed by atoms with van der Waals surface area (Å²) in [5.41, 5.74) is 1.05. The fourth-order valence-corrected chi connectivity index (χ4v) is 1.84. The van der Waals surface area contributed by atoms with Gasteiger partial charge in [0.2, 0.25) is 0 Å². The lowest BCUT2D eigenvalue weighted by Gasteiger charge is -2.14. The fourth-order valence-electron chi connectivity index (χ4n) is 1.84. The molecule has 0 saturated heterocycles. The zero-order valence-electron chi connectivity index (χ0n) is 12.0. The summed E-state index contributed by atoms with van der Waals surface area (Å²) in [4.78, 5) is 13.8. The number of aromatic hydroxyl groups is 1. The second kappa shape index (κ2) is 6.95. The van der Waals surface area contributed by atoms with Crippen LogP contribution in [0.25, 0.3) is 0 Å². The van der Waals surface area contributed by atoms with E-state index in [1.807, 2.05) is 36.4 Å². The molecule has 2 aromatic rings. The van der Waals surface area contributed by atoms with Gasteiger partial charge in [0.25, 0.3) is 5.91 Å². The number of hydrogen-bond acceptors (Lipinski definition) is 4. The molecule has 0 atom stereocenters. The maximum absolute atomic E-state index is 12.1. The van der Waals surface area contributed by atoms with Gasteiger partial charge in [-0.05, 0) is 24.3 Å². The molecule has 2 rings (SSSR count). The third kappa shape index (κ3) is 3.64. The van der Waals surface area contributed by atoms with Crippen LogP contribution in [0.2, 0.25) is 0 Å². The Balaban J connectivity index is 2.18. The van der Waals surface area contributed by atoms with Crippen molar-refractivity contribution in [3.63, 3.8) is 0 Å². The van der Waals surface area contributed by atoms with E-state index in [-0.39, 0.29) is 17.0 Å². The van der Waals surface area contributed by atoms with E-state index in [0.29, 0.717) is 0 Å². The molecule has 0 aliphatic heterocycles. The van der Waals surface area contributed by atoms with Crippen LogP contribution in [-0.4, -0.2) is 18.1 Å². The molecule has 22 heavy (non-hydrogen) atoms. The summed E-state index contributed by atoms with van der Waals surface area (Å²) in [6.07, 6.45) is 1.45. The molecule has 0 aliphatic carbocycles. The summed E-state index contributed by atoms with van der Waals surface area (Å²) in [7, 11) is 1.75. The molecule has 2 N–H and O–H groups in total. The molecule has 0 radical (unpaired) electrons. The van der Waals surface area contributed by atoms with E-state index in [1.54, 1.807) is 30.1 Å². The number of phenols is 1. The van der Waals surface area contributed by atoms with Crippen molar-refractivity contribution in [3.05, 3.63) is 66.4 Å². The van der Waals surface area contributed by atoms with E-state index in [0.717, 1.165) is 5.69 Å². The number of nitrogens with one attached hydrogen (secondary N) is 1. The molecule has 0 fully saturated rings. The van der Waals surface area contributed by atoms with Gasteiger partial charge in [-0.25, -0.2) is 0 Å². The largest absolute Gasteiger partial charge is 0.506 e. The van der Waals surface area contributed by atoms with Crippen molar-refractivity contribution in [2.24, 2.45) is 0 Å². The highest BCUT2D eigenvalue weighted by Gasteiger charge is 2.12. The number of carbonyl (C=O) groups excluding carboxylic acids is 1. The first-order chi connectivity index (χ1) is 10.6. The van der Waals surface area contributed by atoms with E-state index >= 15 is 0 Å². The van der Waals surface area contributed by atoms with Gasteiger partial charge in [0.1, 0.15) is 17.4 Å². The Morgan fingerprint density at radius 2 is 1.82 bits per heavy atom. The van der Waals surface area contributed by atoms with E-state index in [4.69, 9.17) is 0 Å². The maximum Gasteiger partial charge on any atom is 0.267 e. The van der Waals surface area contributed by atoms with Crippen LogP contribution in [0, 0.1) is 11.3 Å². The molecule has 0 aromatic heterocycles. The smallest absolute Gasteiger partial charge is 0.267 e. The molecule has 0 aliphatic rings. The first-order valence-electron chi connectivity index (χ1n) is 6.61. The zero-order valence-corrected chi connectivity index (χ0v) is 12.0. The molecular weight excluding hydrogens is 278 g/mol. The van der Waals surface area contributed by atoms with Gasteiger partial charge in [-0.3, -0.25) is 4.79 Å². The van der Waals surface area contributed by atoms with Crippen LogP contribution < -0.4 is 10.2 Å². The Bertz CT molecular complexity index is 733. The average molecular weight is 293 g/mol. The second-order valence-corrected chi connectivity index (χ2v) is 4.57. The number of hydrogen-bond donors (Lipinski definition) is 2. The summed E-state index contributed by atoms with van der Waals surface area (Å²) in [5.74, 6) is -0.628. The molecule has 0 unspecified atom stereocenters. The third-order valence-electron chi connectivity index (χ3n) is 3.00. The normalized spacial score (nSPS) is 10.6. The summed E-state index contributed by atoms with van der Waals surface area (Å²) in [6.45, 7) is 0. The van der Waals surface area contributed by atoms with Crippen molar-refractivity contribution in [3.8, 4) is 11.8 Å². The number of benzene rings is 2. The van der Waals surface area contributed by atoms with Crippen LogP contribution in [-0.2, 0) is 4.79 Å². The lowest BCUT2D eigenvalue weighted by molar-refractivity contribution is -0.112. The number of amides is 1. The van der Waals surface area contributed by atoms with Crippen molar-refractivity contribution >= 4 is 17.3 Å². The third-order valence-corrected chi connectivity index (χ3v) is 3.00. The molecule has 5 nitrogen and oxygen atoms in total. The molecule has 0 saturated carbocycles. The number of phenolic OH excluding ortho intramolecular Hbond substituents is 1. The van der Waals surface area contributed by atoms with Gasteiger partial charge in [0.15, 0.2) is 0 Å². The van der Waals surface area contributed by atoms with Gasteiger partial charge < -0.3 is 15.3 Å². The summed E-state index contributed by atoms with van der Waals surface area (Å²) < 4.78 is 0. The molecule has 5 heteroatoms. The number of nitriles is 1. The van der Waals surface area contributed by atoms with E-state index < -0.39 is 5.91 Å². The summed E-state index contributed by atoms with van der Waals surface area (Å²) >= 11 is 0. The van der Waals surface area contributed by atoms with Crippen LogP contribution in [0.15, 0.2) is 66.4 Å². The van der Waals surface area contributed by atoms with E-state index in [1.165, 1.54) is 12.3 Å². The molecule has 0 heterocycles. The first-order valence-corrected chi connectivity index (χ1v) is 6.61. The van der Waals surface area contributed by atoms with Gasteiger partial charge in [-0.2, -0.15) is 5.26 Å². The van der Waals surface area contributed by atoms with Crippen molar-refractivity contribution in [2.45, 2.75) is 0 Å². The van der Waals surface area contributed by atoms with Crippen LogP contribution in [0.3, 0.4) is 0 Å². The molecule has 0 spiro atoms. The standard InChI is InChI=1S/C17H15N3O2/c1-20(14-7-3-2-4-8-14)12-13(11-18)17(22)19-15-9-5-6-10-16(15)21/h2-10,12,21H,1H3,(H,19,22)/b13-12-. The van der Waals surface area contributed by atoms with Crippen molar-refractivity contribution in [1.82, 2.24) is 0 Å². The quantitative estimate of drug-likeness (QED) is 0.516. The lowest BCUT2D eigenvalue weighted by Crippen LogP contribution is -2.17. The monoisotopic (exact) mass is 293 g/mol. The average Bonchev–Trinajstić information content (AvgIpc) is 2.55. The number of carbonyl (C=O) groups is 1. The predicted molar refractivity (Wildman–Crippen MR) is 85.3 cm³/mol. The van der Waals surface area contributed by atoms with Crippen LogP contribution in [0.5, 0.6) is 5.75 Å². The van der Waals surface area contributed by atoms with Crippen molar-refractivity contribution in [1.29, 1.82) is 5.26 Å². The maximum atomic E-state index is 12.1. The highest BCUT2D eigenvalue weighted by molar-refractivity contribution is 6.07. The second-order valence-electron chi connectivity index (χ2n) is 4.57. The van der Waals surface area contributed by atoms with Gasteiger partial charge in [0.05, 0.1) is 5.69 Å². The molecule has 0 bridgehead atoms. The minimum atomic E-state index is -0.577. The minimum Gasteiger partial charge on any atom is -0.506 e. The zero-order chi connectivity index (χ0) is 15.9. The molecule has 2 aromatic carbocycles. The van der Waals surface area contributed by atoms with Gasteiger partial charge >= 0.3 is 0 Å². The first kappa shape index (κ1) is 15.1. The number of para-hydroxylation sites is 3. The number of rotatable bonds is 4. The molecule has 110 valence electrons. The Labute approximate surface area is 128 Å². The minimum absolute atomic E-state index is 0.0513. The Kier molecular flexibility index (Phi) is 4.78. The lowest BCUT2D eigenvalue weighted by atomic mass is 10.2. The highest BCUT2D eigenvalue weighted by Crippen LogP contribution is 2.22. The van der Waals surface area contributed by atoms with Crippen LogP contribution in [0.1, 0.15) is 0 Å². The predicted octanol–water partition coefficient (Wildman–Crippen LogP) is 2.87. The van der Waals surface area contributed by atoms with Gasteiger partial charge in [-0.15, -0.1) is 0 Å². The Morgan fingerprint density at radius 3 is 2.45 bits per heavy atom. The fraction of sp³-hybridized carbons (Fsp3) is 0.0588. The Hall–Kier alpha value is -3.26. The van der Waals surface area contributed by atoms with E-state index in [9.17, 15) is 15.2 Å².